The Balaban J connectivity index is 0. The number of rotatable bonds is 10. The molecule has 0 aliphatic rings. The minimum absolute atomic E-state index is 0. The third-order valence-electron chi connectivity index (χ3n) is 5.18. The van der Waals surface area contributed by atoms with Gasteiger partial charge >= 0.3 is 53.6 Å². The van der Waals surface area contributed by atoms with Crippen LogP contribution in [0.4, 0.5) is 13.6 Å². The maximum atomic E-state index is 13.2. The van der Waals surface area contributed by atoms with Gasteiger partial charge < -0.3 is 33.5 Å². The van der Waals surface area contributed by atoms with Gasteiger partial charge in [-0.05, 0) is 48.6 Å². The van der Waals surface area contributed by atoms with Crippen LogP contribution >= 0.6 is 0 Å². The van der Waals surface area contributed by atoms with Crippen molar-refractivity contribution in [3.05, 3.63) is 109 Å². The molecule has 14 heteroatoms. The second-order valence-corrected chi connectivity index (χ2v) is 7.81. The molecular formula is C30H33F2NaO11. The van der Waals surface area contributed by atoms with Crippen LogP contribution in [0.15, 0.2) is 85.9 Å². The van der Waals surface area contributed by atoms with Gasteiger partial charge in [0, 0.05) is 12.0 Å². The van der Waals surface area contributed by atoms with Gasteiger partial charge in [-0.1, -0.05) is 36.9 Å². The number of hydrogen-bond acceptors (Lipinski definition) is 11. The Morgan fingerprint density at radius 2 is 1.25 bits per heavy atom. The number of carbonyl (C=O) groups excluding carboxylic acids is 4. The van der Waals surface area contributed by atoms with Gasteiger partial charge in [0.25, 0.3) is 0 Å². The molecule has 2 aromatic carbocycles. The fourth-order valence-corrected chi connectivity index (χ4v) is 3.12. The predicted octanol–water partition coefficient (Wildman–Crippen LogP) is 0.905. The summed E-state index contributed by atoms with van der Waals surface area (Å²) in [7, 11) is 5.91. The van der Waals surface area contributed by atoms with E-state index in [1.807, 2.05) is 0 Å². The van der Waals surface area contributed by atoms with Gasteiger partial charge in [-0.3, -0.25) is 9.59 Å². The number of methoxy groups -OCH3 is 5. The van der Waals surface area contributed by atoms with Crippen LogP contribution in [0.25, 0.3) is 0 Å². The van der Waals surface area contributed by atoms with E-state index in [0.717, 1.165) is 6.08 Å². The molecule has 0 aliphatic carbocycles. The molecule has 0 aromatic heterocycles. The molecule has 0 amide bonds. The molecule has 0 fully saturated rings. The van der Waals surface area contributed by atoms with E-state index < -0.39 is 59.6 Å². The predicted molar refractivity (Wildman–Crippen MR) is 147 cm³/mol. The molecule has 0 bridgehead atoms. The summed E-state index contributed by atoms with van der Waals surface area (Å²) < 4.78 is 52.7. The Hall–Kier alpha value is -4.20. The normalized spacial score (nSPS) is 11.2. The van der Waals surface area contributed by atoms with Crippen LogP contribution in [-0.2, 0) is 42.8 Å². The van der Waals surface area contributed by atoms with E-state index in [4.69, 9.17) is 4.74 Å². The molecule has 11 nitrogen and oxygen atoms in total. The molecule has 0 aliphatic heterocycles. The first-order chi connectivity index (χ1) is 20.4. The van der Waals surface area contributed by atoms with Crippen LogP contribution in [0.2, 0.25) is 0 Å². The summed E-state index contributed by atoms with van der Waals surface area (Å²) >= 11 is 0. The van der Waals surface area contributed by atoms with Gasteiger partial charge in [-0.15, -0.1) is 6.58 Å². The molecule has 2 atom stereocenters. The Morgan fingerprint density at radius 1 is 0.750 bits per heavy atom. The number of carbonyl (C=O) groups is 4. The summed E-state index contributed by atoms with van der Waals surface area (Å²) in [5.74, 6) is -5.68. The number of halogens is 2. The molecule has 0 saturated carbocycles. The van der Waals surface area contributed by atoms with Gasteiger partial charge in [0.05, 0.1) is 34.4 Å². The van der Waals surface area contributed by atoms with Gasteiger partial charge in [-0.2, -0.15) is 0 Å². The minimum Gasteiger partial charge on any atom is -0.616 e. The fraction of sp³-hybridized carbons (Fsp3) is 0.267. The summed E-state index contributed by atoms with van der Waals surface area (Å²) in [5, 5.41) is 10.2. The third kappa shape index (κ3) is 15.3. The summed E-state index contributed by atoms with van der Waals surface area (Å²) in [5.41, 5.74) is 0.964. The van der Waals surface area contributed by atoms with E-state index in [2.05, 4.69) is 36.8 Å². The van der Waals surface area contributed by atoms with Crippen molar-refractivity contribution >= 4 is 24.1 Å². The van der Waals surface area contributed by atoms with Gasteiger partial charge in [0.2, 0.25) is 0 Å². The maximum Gasteiger partial charge on any atom is 1.00 e. The number of ether oxygens (including phenoxy) is 6. The SMILES string of the molecule is C=CC(OC(=O)OC)c1cccc(F)c1.C=C[C@@H](c1cccc(F)c1)C(C(=O)OC)C(=O)OC.COC(=O)/C=C(\[O-])OC.[Na+]. The molecule has 0 N–H and O–H groups in total. The number of esters is 3. The number of benzene rings is 2. The zero-order valence-electron chi connectivity index (χ0n) is 25.2. The van der Waals surface area contributed by atoms with E-state index in [0.29, 0.717) is 11.1 Å². The van der Waals surface area contributed by atoms with Crippen molar-refractivity contribution in [1.82, 2.24) is 0 Å². The maximum absolute atomic E-state index is 13.2. The molecule has 2 rings (SSSR count). The Morgan fingerprint density at radius 3 is 1.64 bits per heavy atom. The van der Waals surface area contributed by atoms with Crippen molar-refractivity contribution in [2.24, 2.45) is 5.92 Å². The fourth-order valence-electron chi connectivity index (χ4n) is 3.12. The molecule has 234 valence electrons. The van der Waals surface area contributed by atoms with Crippen LogP contribution in [0.5, 0.6) is 0 Å². The molecule has 44 heavy (non-hydrogen) atoms. The van der Waals surface area contributed by atoms with E-state index in [-0.39, 0.29) is 29.6 Å². The topological polar surface area (TPSA) is 147 Å². The molecule has 2 aromatic rings. The summed E-state index contributed by atoms with van der Waals surface area (Å²) in [6.07, 6.45) is 1.98. The number of allylic oxidation sites excluding steroid dienone is 1. The second-order valence-electron chi connectivity index (χ2n) is 7.81. The summed E-state index contributed by atoms with van der Waals surface area (Å²) in [4.78, 5) is 44.5. The molecule has 1 unspecified atom stereocenters. The molecule has 0 heterocycles. The Labute approximate surface area is 276 Å². The van der Waals surface area contributed by atoms with Crippen LogP contribution in [0.1, 0.15) is 23.1 Å². The van der Waals surface area contributed by atoms with Crippen molar-refractivity contribution in [3.8, 4) is 0 Å². The van der Waals surface area contributed by atoms with Crippen molar-refractivity contribution in [2.75, 3.05) is 35.5 Å². The minimum atomic E-state index is -1.20. The van der Waals surface area contributed by atoms with Crippen LogP contribution < -0.4 is 34.7 Å². The Bertz CT molecular complexity index is 1250. The molecular weight excluding hydrogens is 597 g/mol. The first-order valence-electron chi connectivity index (χ1n) is 12.1. The quantitative estimate of drug-likeness (QED) is 0.0702. The smallest absolute Gasteiger partial charge is 0.616 e. The van der Waals surface area contributed by atoms with Crippen molar-refractivity contribution in [3.63, 3.8) is 0 Å². The molecule has 0 radical (unpaired) electrons. The van der Waals surface area contributed by atoms with E-state index >= 15 is 0 Å². The average Bonchev–Trinajstić information content (AvgIpc) is 3.01. The molecule has 0 spiro atoms. The molecule has 0 saturated heterocycles. The number of hydrogen-bond donors (Lipinski definition) is 0. The van der Waals surface area contributed by atoms with E-state index in [1.54, 1.807) is 12.1 Å². The van der Waals surface area contributed by atoms with Crippen LogP contribution in [-0.4, -0.2) is 59.6 Å². The first-order valence-corrected chi connectivity index (χ1v) is 12.1. The standard InChI is InChI=1S/C14H15FO4.C11H11FO3.C5H8O4.Na/c1-4-11(9-6-5-7-10(15)8-9)12(13(16)18-2)14(17)19-3;1-3-10(15-11(13)14-2)8-5-4-6-9(12)7-8;1-8-4(6)3-5(7)9-2;/h4-8,11-12H,1H2,2-3H3;3-7,10H,1H2,2H3;3,6H,1-2H3;/q;;;+1/p-1/b;;4-3+;/t11-;;;/m0.../s1. The Kier molecular flexibility index (Phi) is 22.2. The van der Waals surface area contributed by atoms with Crippen molar-refractivity contribution < 1.29 is 91.0 Å². The van der Waals surface area contributed by atoms with Crippen molar-refractivity contribution in [1.29, 1.82) is 0 Å². The zero-order valence-corrected chi connectivity index (χ0v) is 27.2. The van der Waals surface area contributed by atoms with E-state index in [1.165, 1.54) is 84.1 Å². The summed E-state index contributed by atoms with van der Waals surface area (Å²) in [6.45, 7) is 7.08. The second kappa shape index (κ2) is 23.3. The van der Waals surface area contributed by atoms with Gasteiger partial charge in [-0.25, -0.2) is 18.4 Å². The monoisotopic (exact) mass is 630 g/mol. The van der Waals surface area contributed by atoms with Crippen molar-refractivity contribution in [2.45, 2.75) is 12.0 Å². The van der Waals surface area contributed by atoms with E-state index in [9.17, 15) is 33.1 Å². The summed E-state index contributed by atoms with van der Waals surface area (Å²) in [6, 6.07) is 11.4. The van der Waals surface area contributed by atoms with Crippen LogP contribution in [0.3, 0.4) is 0 Å². The van der Waals surface area contributed by atoms with Crippen LogP contribution in [0, 0.1) is 17.6 Å². The average molecular weight is 631 g/mol. The van der Waals surface area contributed by atoms with Gasteiger partial charge in [0.1, 0.15) is 17.7 Å². The largest absolute Gasteiger partial charge is 1.00 e. The van der Waals surface area contributed by atoms with Gasteiger partial charge in [0.15, 0.2) is 5.92 Å². The zero-order chi connectivity index (χ0) is 32.9. The first kappa shape index (κ1) is 41.9. The third-order valence-corrected chi connectivity index (χ3v) is 5.18.